The van der Waals surface area contributed by atoms with Gasteiger partial charge < -0.3 is 10.0 Å². The van der Waals surface area contributed by atoms with Crippen LogP contribution in [0, 0.1) is 6.92 Å². The lowest BCUT2D eigenvalue weighted by Crippen LogP contribution is -2.16. The van der Waals surface area contributed by atoms with Gasteiger partial charge in [-0.1, -0.05) is 62.0 Å². The minimum absolute atomic E-state index is 0.268. The molecule has 0 atom stereocenters. The summed E-state index contributed by atoms with van der Waals surface area (Å²) in [7, 11) is 0. The number of rotatable bonds is 2. The Labute approximate surface area is 153 Å². The second-order valence-electron chi connectivity index (χ2n) is 6.70. The van der Waals surface area contributed by atoms with E-state index in [1.54, 1.807) is 11.8 Å². The largest absolute Gasteiger partial charge is 0.505 e. The number of hydrogen-bond acceptors (Lipinski definition) is 3. The molecule has 1 N–H and O–H groups in total. The molecule has 0 spiro atoms. The van der Waals surface area contributed by atoms with E-state index in [4.69, 9.17) is 0 Å². The molecule has 0 radical (unpaired) electrons. The number of benzene rings is 3. The molecule has 25 heavy (non-hydrogen) atoms. The summed E-state index contributed by atoms with van der Waals surface area (Å²) >= 11 is 1.78. The molecule has 1 aliphatic rings. The van der Waals surface area contributed by atoms with Crippen molar-refractivity contribution in [3.05, 3.63) is 71.8 Å². The molecule has 0 unspecified atom stereocenters. The molecule has 3 aromatic carbocycles. The highest BCUT2D eigenvalue weighted by Crippen LogP contribution is 2.54. The summed E-state index contributed by atoms with van der Waals surface area (Å²) in [4.78, 5) is 4.61. The van der Waals surface area contributed by atoms with Crippen LogP contribution in [0.3, 0.4) is 0 Å². The fraction of sp³-hybridized carbons (Fsp3) is 0.182. The fourth-order valence-electron chi connectivity index (χ4n) is 3.39. The first-order chi connectivity index (χ1) is 12.1. The average molecular weight is 347 g/mol. The Kier molecular flexibility index (Phi) is 3.97. The van der Waals surface area contributed by atoms with Crippen molar-refractivity contribution < 1.29 is 5.11 Å². The number of fused-ring (bicyclic) bond motifs is 2. The van der Waals surface area contributed by atoms with Gasteiger partial charge in [-0.2, -0.15) is 0 Å². The van der Waals surface area contributed by atoms with E-state index in [-0.39, 0.29) is 5.92 Å². The molecule has 0 aromatic heterocycles. The molecular formula is C22H21NOS. The Hall–Kier alpha value is -2.39. The zero-order valence-corrected chi connectivity index (χ0v) is 15.5. The Bertz CT molecular complexity index is 903. The van der Waals surface area contributed by atoms with Gasteiger partial charge in [0.2, 0.25) is 0 Å². The summed E-state index contributed by atoms with van der Waals surface area (Å²) in [6.45, 7) is 6.29. The first kappa shape index (κ1) is 16.1. The molecule has 3 aromatic rings. The molecule has 0 fully saturated rings. The van der Waals surface area contributed by atoms with Crippen molar-refractivity contribution in [3.8, 4) is 5.75 Å². The van der Waals surface area contributed by atoms with Gasteiger partial charge in [-0.05, 0) is 48.2 Å². The van der Waals surface area contributed by atoms with E-state index in [1.807, 2.05) is 6.07 Å². The molecule has 0 aliphatic carbocycles. The lowest BCUT2D eigenvalue weighted by molar-refractivity contribution is 0.465. The second-order valence-corrected chi connectivity index (χ2v) is 7.78. The third-order valence-electron chi connectivity index (χ3n) is 4.66. The van der Waals surface area contributed by atoms with Crippen LogP contribution in [-0.4, -0.2) is 5.11 Å². The van der Waals surface area contributed by atoms with Crippen molar-refractivity contribution in [1.82, 2.24) is 0 Å². The van der Waals surface area contributed by atoms with E-state index >= 15 is 0 Å². The van der Waals surface area contributed by atoms with Gasteiger partial charge in [-0.25, -0.2) is 0 Å². The van der Waals surface area contributed by atoms with Crippen molar-refractivity contribution in [1.29, 1.82) is 0 Å². The van der Waals surface area contributed by atoms with Crippen LogP contribution < -0.4 is 4.90 Å². The number of aryl methyl sites for hydroxylation is 1. The second kappa shape index (κ2) is 6.16. The smallest absolute Gasteiger partial charge is 0.143 e. The Balaban J connectivity index is 2.02. The van der Waals surface area contributed by atoms with E-state index in [0.717, 1.165) is 28.2 Å². The molecule has 4 rings (SSSR count). The highest BCUT2D eigenvalue weighted by atomic mass is 32.2. The quantitative estimate of drug-likeness (QED) is 0.433. The molecule has 1 aliphatic heterocycles. The summed E-state index contributed by atoms with van der Waals surface area (Å²) < 4.78 is 0. The van der Waals surface area contributed by atoms with E-state index in [9.17, 15) is 5.11 Å². The Morgan fingerprint density at radius 1 is 0.840 bits per heavy atom. The van der Waals surface area contributed by atoms with Gasteiger partial charge in [-0.3, -0.25) is 0 Å². The van der Waals surface area contributed by atoms with Gasteiger partial charge in [0.25, 0.3) is 0 Å². The van der Waals surface area contributed by atoms with Gasteiger partial charge in [0.15, 0.2) is 0 Å². The standard InChI is InChI=1S/C22H21NOS/c1-14(2)16-13-12-15(3)21(22(16)24)23-17-8-4-6-10-19(17)25-20-11-7-5-9-18(20)23/h4-14,24H,1-3H3. The van der Waals surface area contributed by atoms with Gasteiger partial charge >= 0.3 is 0 Å². The topological polar surface area (TPSA) is 23.5 Å². The third-order valence-corrected chi connectivity index (χ3v) is 5.79. The van der Waals surface area contributed by atoms with Crippen LogP contribution in [0.4, 0.5) is 17.1 Å². The number of anilines is 3. The van der Waals surface area contributed by atoms with E-state index in [0.29, 0.717) is 5.75 Å². The summed E-state index contributed by atoms with van der Waals surface area (Å²) in [5, 5.41) is 11.1. The molecule has 126 valence electrons. The van der Waals surface area contributed by atoms with Crippen LogP contribution in [0.1, 0.15) is 30.9 Å². The highest BCUT2D eigenvalue weighted by molar-refractivity contribution is 7.99. The molecule has 0 amide bonds. The van der Waals surface area contributed by atoms with Gasteiger partial charge in [0, 0.05) is 9.79 Å². The number of para-hydroxylation sites is 2. The lowest BCUT2D eigenvalue weighted by Gasteiger charge is -2.34. The number of aromatic hydroxyl groups is 1. The Morgan fingerprint density at radius 3 is 1.96 bits per heavy atom. The van der Waals surface area contributed by atoms with E-state index in [1.165, 1.54) is 9.79 Å². The van der Waals surface area contributed by atoms with Crippen LogP contribution in [0.15, 0.2) is 70.5 Å². The SMILES string of the molecule is Cc1ccc(C(C)C)c(O)c1N1c2ccccc2Sc2ccccc21. The van der Waals surface area contributed by atoms with Crippen LogP contribution in [0.5, 0.6) is 5.75 Å². The lowest BCUT2D eigenvalue weighted by atomic mass is 9.97. The fourth-order valence-corrected chi connectivity index (χ4v) is 4.45. The zero-order chi connectivity index (χ0) is 17.6. The minimum Gasteiger partial charge on any atom is -0.505 e. The van der Waals surface area contributed by atoms with Crippen molar-refractivity contribution in [2.75, 3.05) is 4.90 Å². The zero-order valence-electron chi connectivity index (χ0n) is 14.7. The molecule has 1 heterocycles. The Morgan fingerprint density at radius 2 is 1.40 bits per heavy atom. The van der Waals surface area contributed by atoms with Crippen molar-refractivity contribution >= 4 is 28.8 Å². The molecule has 3 heteroatoms. The summed E-state index contributed by atoms with van der Waals surface area (Å²) in [6, 6.07) is 20.9. The first-order valence-corrected chi connectivity index (χ1v) is 9.38. The van der Waals surface area contributed by atoms with Gasteiger partial charge in [0.05, 0.1) is 17.1 Å². The maximum atomic E-state index is 11.1. The minimum atomic E-state index is 0.268. The number of nitrogens with zero attached hydrogens (tertiary/aromatic N) is 1. The summed E-state index contributed by atoms with van der Waals surface area (Å²) in [6.07, 6.45) is 0. The summed E-state index contributed by atoms with van der Waals surface area (Å²) in [5.41, 5.74) is 5.16. The van der Waals surface area contributed by atoms with Crippen molar-refractivity contribution in [2.45, 2.75) is 36.5 Å². The number of phenolic OH excluding ortho intramolecular Hbond substituents is 1. The normalized spacial score (nSPS) is 12.9. The van der Waals surface area contributed by atoms with Crippen molar-refractivity contribution in [2.24, 2.45) is 0 Å². The molecule has 0 saturated heterocycles. The van der Waals surface area contributed by atoms with E-state index in [2.05, 4.69) is 80.3 Å². The number of hydrogen-bond donors (Lipinski definition) is 1. The van der Waals surface area contributed by atoms with Crippen LogP contribution in [0.25, 0.3) is 0 Å². The monoisotopic (exact) mass is 347 g/mol. The van der Waals surface area contributed by atoms with Gasteiger partial charge in [0.1, 0.15) is 5.75 Å². The predicted octanol–water partition coefficient (Wildman–Crippen LogP) is 6.76. The van der Waals surface area contributed by atoms with Crippen LogP contribution in [-0.2, 0) is 0 Å². The maximum Gasteiger partial charge on any atom is 0.143 e. The van der Waals surface area contributed by atoms with E-state index < -0.39 is 0 Å². The average Bonchev–Trinajstić information content (AvgIpc) is 2.60. The van der Waals surface area contributed by atoms with Crippen LogP contribution >= 0.6 is 11.8 Å². The van der Waals surface area contributed by atoms with Crippen LogP contribution in [0.2, 0.25) is 0 Å². The van der Waals surface area contributed by atoms with Gasteiger partial charge in [-0.15, -0.1) is 0 Å². The molecule has 0 saturated carbocycles. The molecule has 0 bridgehead atoms. The maximum absolute atomic E-state index is 11.1. The summed E-state index contributed by atoms with van der Waals surface area (Å²) in [5.74, 6) is 0.649. The predicted molar refractivity (Wildman–Crippen MR) is 106 cm³/mol. The first-order valence-electron chi connectivity index (χ1n) is 8.56. The third kappa shape index (κ3) is 2.59. The van der Waals surface area contributed by atoms with Crippen molar-refractivity contribution in [3.63, 3.8) is 0 Å². The molecule has 2 nitrogen and oxygen atoms in total. The highest BCUT2D eigenvalue weighted by Gasteiger charge is 2.28. The number of phenols is 1. The molecular weight excluding hydrogens is 326 g/mol.